The maximum atomic E-state index is 11.8. The fourth-order valence-electron chi connectivity index (χ4n) is 1.41. The molecule has 0 fully saturated rings. The maximum Gasteiger partial charge on any atom is 0.309 e. The van der Waals surface area contributed by atoms with E-state index < -0.39 is 23.4 Å². The van der Waals surface area contributed by atoms with Gasteiger partial charge < -0.3 is 10.1 Å². The summed E-state index contributed by atoms with van der Waals surface area (Å²) in [6.07, 6.45) is 0.625. The number of anilines is 1. The van der Waals surface area contributed by atoms with Crippen molar-refractivity contribution in [3.63, 3.8) is 0 Å². The first-order valence-electron chi connectivity index (χ1n) is 6.36. The number of nitrogens with zero attached hydrogens (tertiary/aromatic N) is 1. The first-order valence-corrected chi connectivity index (χ1v) is 7.94. The van der Waals surface area contributed by atoms with Crippen molar-refractivity contribution in [1.82, 2.24) is 0 Å². The van der Waals surface area contributed by atoms with E-state index in [1.54, 1.807) is 6.92 Å². The van der Waals surface area contributed by atoms with Crippen LogP contribution in [0.2, 0.25) is 0 Å². The van der Waals surface area contributed by atoms with Gasteiger partial charge in [-0.25, -0.2) is 0 Å². The molecule has 0 bridgehead atoms. The quantitative estimate of drug-likeness (QED) is 0.416. The van der Waals surface area contributed by atoms with Gasteiger partial charge >= 0.3 is 5.97 Å². The monoisotopic (exact) mass is 436 g/mol. The third kappa shape index (κ3) is 5.06. The number of carbonyl (C=O) groups excluding carboxylic acids is 2. The number of hydrogen-bond acceptors (Lipinski definition) is 5. The van der Waals surface area contributed by atoms with Gasteiger partial charge in [-0.1, -0.05) is 13.8 Å². The van der Waals surface area contributed by atoms with Crippen LogP contribution >= 0.6 is 31.9 Å². The molecule has 22 heavy (non-hydrogen) atoms. The molecule has 1 aromatic rings. The standard InChI is InChI=1S/C13H14Br2N2O5/c1-3-7(2)13(19)22-6-11(18)16-12-9(14)4-8(17(20)21)5-10(12)15/h4-5,7H,3,6H2,1-2H3,(H,16,18). The summed E-state index contributed by atoms with van der Waals surface area (Å²) in [5.74, 6) is -1.25. The highest BCUT2D eigenvalue weighted by molar-refractivity contribution is 9.11. The lowest BCUT2D eigenvalue weighted by molar-refractivity contribution is -0.385. The summed E-state index contributed by atoms with van der Waals surface area (Å²) in [7, 11) is 0. The van der Waals surface area contributed by atoms with Crippen LogP contribution in [-0.4, -0.2) is 23.4 Å². The number of halogens is 2. The molecule has 1 unspecified atom stereocenters. The summed E-state index contributed by atoms with van der Waals surface area (Å²) in [6, 6.07) is 2.54. The second-order valence-electron chi connectivity index (χ2n) is 4.51. The van der Waals surface area contributed by atoms with Gasteiger partial charge in [0.15, 0.2) is 6.61 Å². The highest BCUT2D eigenvalue weighted by Crippen LogP contribution is 2.35. The molecule has 120 valence electrons. The van der Waals surface area contributed by atoms with E-state index in [1.165, 1.54) is 12.1 Å². The van der Waals surface area contributed by atoms with E-state index in [9.17, 15) is 19.7 Å². The Morgan fingerprint density at radius 1 is 1.36 bits per heavy atom. The molecule has 1 amide bonds. The van der Waals surface area contributed by atoms with Crippen LogP contribution in [0.3, 0.4) is 0 Å². The Balaban J connectivity index is 2.73. The molecule has 1 atom stereocenters. The normalized spacial score (nSPS) is 11.6. The minimum atomic E-state index is -0.547. The highest BCUT2D eigenvalue weighted by Gasteiger charge is 2.18. The molecule has 1 rings (SSSR count). The SMILES string of the molecule is CCC(C)C(=O)OCC(=O)Nc1c(Br)cc([N+](=O)[O-])cc1Br. The average molecular weight is 438 g/mol. The van der Waals surface area contributed by atoms with Crippen molar-refractivity contribution in [3.8, 4) is 0 Å². The van der Waals surface area contributed by atoms with Crippen LogP contribution in [0.5, 0.6) is 0 Å². The van der Waals surface area contributed by atoms with E-state index in [2.05, 4.69) is 37.2 Å². The fourth-order valence-corrected chi connectivity index (χ4v) is 2.77. The predicted molar refractivity (Wildman–Crippen MR) is 87.5 cm³/mol. The molecule has 0 heterocycles. The molecule has 0 radical (unpaired) electrons. The summed E-state index contributed by atoms with van der Waals surface area (Å²) >= 11 is 6.30. The number of nitro groups is 1. The van der Waals surface area contributed by atoms with Crippen LogP contribution in [0.15, 0.2) is 21.1 Å². The number of carbonyl (C=O) groups is 2. The number of amides is 1. The molecule has 0 aliphatic rings. The van der Waals surface area contributed by atoms with Crippen LogP contribution in [0.4, 0.5) is 11.4 Å². The molecule has 1 aromatic carbocycles. The van der Waals surface area contributed by atoms with Crippen LogP contribution in [-0.2, 0) is 14.3 Å². The minimum absolute atomic E-state index is 0.125. The van der Waals surface area contributed by atoms with E-state index in [0.717, 1.165) is 0 Å². The second kappa shape index (κ2) is 8.23. The van der Waals surface area contributed by atoms with Crippen LogP contribution in [0.1, 0.15) is 20.3 Å². The van der Waals surface area contributed by atoms with Crippen molar-refractivity contribution in [2.75, 3.05) is 11.9 Å². The lowest BCUT2D eigenvalue weighted by atomic mass is 10.1. The third-order valence-corrected chi connectivity index (χ3v) is 4.11. The molecule has 0 aliphatic heterocycles. The summed E-state index contributed by atoms with van der Waals surface area (Å²) in [5.41, 5.74) is 0.204. The highest BCUT2D eigenvalue weighted by atomic mass is 79.9. The molecule has 7 nitrogen and oxygen atoms in total. The number of rotatable bonds is 6. The lowest BCUT2D eigenvalue weighted by Crippen LogP contribution is -2.23. The van der Waals surface area contributed by atoms with Gasteiger partial charge in [-0.05, 0) is 38.3 Å². The summed E-state index contributed by atoms with van der Waals surface area (Å²) in [6.45, 7) is 3.14. The molecular weight excluding hydrogens is 424 g/mol. The largest absolute Gasteiger partial charge is 0.455 e. The van der Waals surface area contributed by atoms with E-state index in [4.69, 9.17) is 4.74 Å². The number of benzene rings is 1. The first-order chi connectivity index (χ1) is 10.3. The van der Waals surface area contributed by atoms with Crippen molar-refractivity contribution in [2.45, 2.75) is 20.3 Å². The molecule has 0 saturated carbocycles. The zero-order chi connectivity index (χ0) is 16.9. The van der Waals surface area contributed by atoms with E-state index in [0.29, 0.717) is 21.1 Å². The van der Waals surface area contributed by atoms with E-state index in [1.807, 2.05) is 6.92 Å². The molecule has 0 aromatic heterocycles. The third-order valence-electron chi connectivity index (χ3n) is 2.86. The number of ether oxygens (including phenoxy) is 1. The smallest absolute Gasteiger partial charge is 0.309 e. The van der Waals surface area contributed by atoms with Crippen molar-refractivity contribution < 1.29 is 19.2 Å². The number of nitrogens with one attached hydrogen (secondary N) is 1. The van der Waals surface area contributed by atoms with E-state index in [-0.39, 0.29) is 11.6 Å². The molecule has 0 spiro atoms. The molecule has 0 saturated heterocycles. The van der Waals surface area contributed by atoms with Crippen LogP contribution in [0, 0.1) is 16.0 Å². The Hall–Kier alpha value is -1.48. The first kappa shape index (κ1) is 18.6. The van der Waals surface area contributed by atoms with Gasteiger partial charge in [0.25, 0.3) is 11.6 Å². The Morgan fingerprint density at radius 3 is 2.36 bits per heavy atom. The predicted octanol–water partition coefficient (Wildman–Crippen LogP) is 3.65. The zero-order valence-electron chi connectivity index (χ0n) is 11.9. The minimum Gasteiger partial charge on any atom is -0.455 e. The summed E-state index contributed by atoms with van der Waals surface area (Å²) < 4.78 is 5.57. The summed E-state index contributed by atoms with van der Waals surface area (Å²) in [4.78, 5) is 33.5. The Kier molecular flexibility index (Phi) is 6.95. The van der Waals surface area contributed by atoms with Gasteiger partial charge in [-0.15, -0.1) is 0 Å². The average Bonchev–Trinajstić information content (AvgIpc) is 2.47. The van der Waals surface area contributed by atoms with E-state index >= 15 is 0 Å². The number of hydrogen-bond donors (Lipinski definition) is 1. The Labute approximate surface area is 143 Å². The van der Waals surface area contributed by atoms with Gasteiger partial charge in [-0.2, -0.15) is 0 Å². The summed E-state index contributed by atoms with van der Waals surface area (Å²) in [5, 5.41) is 13.3. The van der Waals surface area contributed by atoms with Crippen LogP contribution in [0.25, 0.3) is 0 Å². The van der Waals surface area contributed by atoms with Gasteiger partial charge in [0.1, 0.15) is 0 Å². The van der Waals surface area contributed by atoms with Crippen molar-refractivity contribution in [2.24, 2.45) is 5.92 Å². The Bertz CT molecular complexity index is 583. The number of nitro benzene ring substituents is 1. The topological polar surface area (TPSA) is 98.5 Å². The zero-order valence-corrected chi connectivity index (χ0v) is 15.1. The van der Waals surface area contributed by atoms with Crippen molar-refractivity contribution >= 4 is 55.1 Å². The second-order valence-corrected chi connectivity index (χ2v) is 6.22. The number of non-ortho nitro benzene ring substituents is 1. The van der Waals surface area contributed by atoms with Gasteiger partial charge in [0.2, 0.25) is 0 Å². The van der Waals surface area contributed by atoms with Crippen molar-refractivity contribution in [1.29, 1.82) is 0 Å². The molecule has 0 aliphatic carbocycles. The molecule has 9 heteroatoms. The molecule has 1 N–H and O–H groups in total. The lowest BCUT2D eigenvalue weighted by Gasteiger charge is -2.11. The van der Waals surface area contributed by atoms with Gasteiger partial charge in [0.05, 0.1) is 16.5 Å². The number of esters is 1. The van der Waals surface area contributed by atoms with Crippen LogP contribution < -0.4 is 5.32 Å². The van der Waals surface area contributed by atoms with Crippen molar-refractivity contribution in [3.05, 3.63) is 31.2 Å². The van der Waals surface area contributed by atoms with Gasteiger partial charge in [-0.3, -0.25) is 19.7 Å². The molecular formula is C13H14Br2N2O5. The fraction of sp³-hybridized carbons (Fsp3) is 0.385. The maximum absolute atomic E-state index is 11.8. The Morgan fingerprint density at radius 2 is 1.91 bits per heavy atom. The van der Waals surface area contributed by atoms with Gasteiger partial charge in [0, 0.05) is 21.1 Å².